The maximum absolute atomic E-state index is 3.73. The molecule has 0 radical (unpaired) electrons. The molecule has 0 aromatic heterocycles. The van der Waals surface area contributed by atoms with Crippen LogP contribution in [-0.2, 0) is 0 Å². The first-order valence-corrected chi connectivity index (χ1v) is 8.31. The van der Waals surface area contributed by atoms with Crippen molar-refractivity contribution >= 4 is 0 Å². The van der Waals surface area contributed by atoms with E-state index < -0.39 is 0 Å². The fraction of sp³-hybridized carbons (Fsp3) is 1.00. The second-order valence-corrected chi connectivity index (χ2v) is 6.56. The fourth-order valence-corrected chi connectivity index (χ4v) is 2.38. The van der Waals surface area contributed by atoms with E-state index in [4.69, 9.17) is 0 Å². The molecule has 1 atom stereocenters. The monoisotopic (exact) mass is 255 g/mol. The molecule has 0 bridgehead atoms. The average molecular weight is 255 g/mol. The molecular formula is C17H37N. The topological polar surface area (TPSA) is 12.0 Å². The van der Waals surface area contributed by atoms with Crippen LogP contribution in [0.5, 0.6) is 0 Å². The Morgan fingerprint density at radius 2 is 1.33 bits per heavy atom. The van der Waals surface area contributed by atoms with Gasteiger partial charge in [-0.3, -0.25) is 0 Å². The molecule has 1 N–H and O–H groups in total. The number of hydrogen-bond acceptors (Lipinski definition) is 1. The molecule has 0 aromatic carbocycles. The van der Waals surface area contributed by atoms with Crippen LogP contribution in [0.25, 0.3) is 0 Å². The summed E-state index contributed by atoms with van der Waals surface area (Å²) in [5.74, 6) is 1.53. The maximum atomic E-state index is 3.73. The Bertz CT molecular complexity index is 163. The highest BCUT2D eigenvalue weighted by atomic mass is 14.9. The van der Waals surface area contributed by atoms with E-state index in [-0.39, 0.29) is 0 Å². The minimum Gasteiger partial charge on any atom is -0.313 e. The van der Waals surface area contributed by atoms with Crippen molar-refractivity contribution in [2.75, 3.05) is 6.54 Å². The van der Waals surface area contributed by atoms with E-state index in [2.05, 4.69) is 39.9 Å². The third kappa shape index (κ3) is 11.1. The van der Waals surface area contributed by atoms with Gasteiger partial charge in [0.15, 0.2) is 0 Å². The Hall–Kier alpha value is -0.0400. The first-order chi connectivity index (χ1) is 8.57. The van der Waals surface area contributed by atoms with E-state index >= 15 is 0 Å². The first kappa shape index (κ1) is 18.0. The summed E-state index contributed by atoms with van der Waals surface area (Å²) < 4.78 is 0. The number of rotatable bonds is 12. The summed E-state index contributed by atoms with van der Waals surface area (Å²) in [4.78, 5) is 0. The van der Waals surface area contributed by atoms with Crippen LogP contribution in [0.4, 0.5) is 0 Å². The van der Waals surface area contributed by atoms with Crippen molar-refractivity contribution in [3.8, 4) is 0 Å². The van der Waals surface area contributed by atoms with Crippen molar-refractivity contribution in [2.24, 2.45) is 11.8 Å². The molecule has 0 aliphatic rings. The van der Waals surface area contributed by atoms with Crippen LogP contribution in [0.15, 0.2) is 0 Å². The van der Waals surface area contributed by atoms with Gasteiger partial charge in [0.05, 0.1) is 0 Å². The number of hydrogen-bond donors (Lipinski definition) is 1. The Morgan fingerprint density at radius 3 is 1.83 bits per heavy atom. The zero-order valence-electron chi connectivity index (χ0n) is 13.6. The van der Waals surface area contributed by atoms with Crippen LogP contribution >= 0.6 is 0 Å². The van der Waals surface area contributed by atoms with Crippen LogP contribution in [-0.4, -0.2) is 12.6 Å². The predicted octanol–water partition coefficient (Wildman–Crippen LogP) is 5.40. The van der Waals surface area contributed by atoms with E-state index in [1.54, 1.807) is 0 Å². The van der Waals surface area contributed by atoms with Crippen molar-refractivity contribution < 1.29 is 0 Å². The molecule has 0 aromatic rings. The van der Waals surface area contributed by atoms with Gasteiger partial charge in [-0.05, 0) is 24.8 Å². The summed E-state index contributed by atoms with van der Waals surface area (Å²) >= 11 is 0. The molecule has 110 valence electrons. The lowest BCUT2D eigenvalue weighted by Crippen LogP contribution is -2.36. The van der Waals surface area contributed by atoms with Crippen LogP contribution in [0, 0.1) is 11.8 Å². The smallest absolute Gasteiger partial charge is 0.00901 e. The van der Waals surface area contributed by atoms with E-state index in [0.29, 0.717) is 0 Å². The molecular weight excluding hydrogens is 218 g/mol. The summed E-state index contributed by atoms with van der Waals surface area (Å²) in [5, 5.41) is 3.73. The lowest BCUT2D eigenvalue weighted by Gasteiger charge is -2.23. The minimum atomic E-state index is 0.725. The van der Waals surface area contributed by atoms with E-state index in [1.165, 1.54) is 57.9 Å². The normalized spacial score (nSPS) is 13.5. The summed E-state index contributed by atoms with van der Waals surface area (Å²) in [6.07, 6.45) is 11.3. The number of nitrogens with one attached hydrogen (secondary N) is 1. The lowest BCUT2D eigenvalue weighted by molar-refractivity contribution is 0.347. The second-order valence-electron chi connectivity index (χ2n) is 6.56. The zero-order chi connectivity index (χ0) is 13.8. The van der Waals surface area contributed by atoms with Gasteiger partial charge in [0.25, 0.3) is 0 Å². The molecule has 0 saturated carbocycles. The quantitative estimate of drug-likeness (QED) is 0.461. The van der Waals surface area contributed by atoms with Crippen LogP contribution < -0.4 is 5.32 Å². The molecule has 0 aliphatic heterocycles. The van der Waals surface area contributed by atoms with Crippen LogP contribution in [0.3, 0.4) is 0 Å². The van der Waals surface area contributed by atoms with Gasteiger partial charge in [0.2, 0.25) is 0 Å². The standard InChI is InChI=1S/C17H37N/c1-6-7-8-9-10-11-12-13-17(16(4)5)18-14-15(2)3/h15-18H,6-14H2,1-5H3. The largest absolute Gasteiger partial charge is 0.313 e. The van der Waals surface area contributed by atoms with Crippen LogP contribution in [0.1, 0.15) is 86.0 Å². The van der Waals surface area contributed by atoms with Gasteiger partial charge in [0, 0.05) is 6.04 Å². The van der Waals surface area contributed by atoms with Gasteiger partial charge < -0.3 is 5.32 Å². The molecule has 18 heavy (non-hydrogen) atoms. The lowest BCUT2D eigenvalue weighted by atomic mass is 9.96. The summed E-state index contributed by atoms with van der Waals surface area (Å²) in [7, 11) is 0. The van der Waals surface area contributed by atoms with Gasteiger partial charge in [0.1, 0.15) is 0 Å². The first-order valence-electron chi connectivity index (χ1n) is 8.31. The molecule has 0 spiro atoms. The molecule has 0 heterocycles. The predicted molar refractivity (Wildman–Crippen MR) is 84.1 cm³/mol. The van der Waals surface area contributed by atoms with Crippen molar-refractivity contribution in [3.05, 3.63) is 0 Å². The van der Waals surface area contributed by atoms with Gasteiger partial charge >= 0.3 is 0 Å². The van der Waals surface area contributed by atoms with E-state index in [1.807, 2.05) is 0 Å². The van der Waals surface area contributed by atoms with Gasteiger partial charge in [-0.25, -0.2) is 0 Å². The Labute approximate surface area is 116 Å². The fourth-order valence-electron chi connectivity index (χ4n) is 2.38. The Balaban J connectivity index is 3.52. The van der Waals surface area contributed by atoms with E-state index in [9.17, 15) is 0 Å². The van der Waals surface area contributed by atoms with E-state index in [0.717, 1.165) is 17.9 Å². The number of unbranched alkanes of at least 4 members (excludes halogenated alkanes) is 6. The minimum absolute atomic E-state index is 0.725. The molecule has 1 unspecified atom stereocenters. The van der Waals surface area contributed by atoms with Gasteiger partial charge in [-0.1, -0.05) is 79.6 Å². The average Bonchev–Trinajstić information content (AvgIpc) is 2.31. The van der Waals surface area contributed by atoms with Crippen LogP contribution in [0.2, 0.25) is 0 Å². The molecule has 0 aliphatic carbocycles. The molecule has 0 fully saturated rings. The SMILES string of the molecule is CCCCCCCCCC(NCC(C)C)C(C)C. The maximum Gasteiger partial charge on any atom is 0.00901 e. The summed E-state index contributed by atoms with van der Waals surface area (Å²) in [5.41, 5.74) is 0. The Morgan fingerprint density at radius 1 is 0.778 bits per heavy atom. The van der Waals surface area contributed by atoms with Gasteiger partial charge in [-0.2, -0.15) is 0 Å². The van der Waals surface area contributed by atoms with Crippen molar-refractivity contribution in [3.63, 3.8) is 0 Å². The van der Waals surface area contributed by atoms with Crippen molar-refractivity contribution in [2.45, 2.75) is 92.0 Å². The molecule has 0 amide bonds. The summed E-state index contributed by atoms with van der Waals surface area (Å²) in [6.45, 7) is 12.7. The van der Waals surface area contributed by atoms with Crippen molar-refractivity contribution in [1.82, 2.24) is 5.32 Å². The molecule has 1 heteroatoms. The Kier molecular flexibility index (Phi) is 12.0. The highest BCUT2D eigenvalue weighted by molar-refractivity contribution is 4.71. The zero-order valence-corrected chi connectivity index (χ0v) is 13.6. The molecule has 0 saturated heterocycles. The van der Waals surface area contributed by atoms with Gasteiger partial charge in [-0.15, -0.1) is 0 Å². The van der Waals surface area contributed by atoms with Crippen molar-refractivity contribution in [1.29, 1.82) is 0 Å². The third-order valence-corrected chi connectivity index (χ3v) is 3.71. The molecule has 1 nitrogen and oxygen atoms in total. The highest BCUT2D eigenvalue weighted by Crippen LogP contribution is 2.14. The third-order valence-electron chi connectivity index (χ3n) is 3.71. The highest BCUT2D eigenvalue weighted by Gasteiger charge is 2.12. The molecule has 0 rings (SSSR count). The summed E-state index contributed by atoms with van der Waals surface area (Å²) in [6, 6.07) is 0.725. The second kappa shape index (κ2) is 12.0.